The number of piperazine rings is 1. The number of anilines is 2. The average molecular weight is 414 g/mol. The summed E-state index contributed by atoms with van der Waals surface area (Å²) in [6, 6.07) is 9.15. The second-order valence-corrected chi connectivity index (χ2v) is 8.90. The van der Waals surface area contributed by atoms with E-state index >= 15 is 0 Å². The third-order valence-corrected chi connectivity index (χ3v) is 7.07. The molecule has 0 atom stereocenters. The van der Waals surface area contributed by atoms with Crippen molar-refractivity contribution in [1.29, 1.82) is 5.26 Å². The lowest BCUT2D eigenvalue weighted by Crippen LogP contribution is -3.15. The molecule has 4 rings (SSSR count). The molecule has 1 aliphatic carbocycles. The molecule has 0 saturated carbocycles. The summed E-state index contributed by atoms with van der Waals surface area (Å²) in [7, 11) is 0. The molecule has 0 spiro atoms. The fourth-order valence-electron chi connectivity index (χ4n) is 4.30. The molecule has 0 unspecified atom stereocenters. The number of halogens is 1. The highest BCUT2D eigenvalue weighted by Crippen LogP contribution is 2.36. The molecule has 2 heterocycles. The number of nitrogens with zero attached hydrogens (tertiary/aromatic N) is 2. The minimum Gasteiger partial charge on any atom is -0.358 e. The number of aryl methyl sites for hydroxylation is 1. The number of thiophene rings is 1. The summed E-state index contributed by atoms with van der Waals surface area (Å²) in [5.41, 5.74) is 2.45. The number of nitriles is 1. The molecule has 2 aliphatic rings. The van der Waals surface area contributed by atoms with Gasteiger partial charge in [0.2, 0.25) is 0 Å². The van der Waals surface area contributed by atoms with Gasteiger partial charge in [0.1, 0.15) is 16.9 Å². The van der Waals surface area contributed by atoms with Gasteiger partial charge in [-0.25, -0.2) is 4.39 Å². The number of carbonyl (C=O) groups excluding carboxylic acids is 1. The summed E-state index contributed by atoms with van der Waals surface area (Å²) in [6.45, 7) is 3.39. The Bertz CT molecular complexity index is 927. The lowest BCUT2D eigenvalue weighted by atomic mass is 10.1. The van der Waals surface area contributed by atoms with Crippen molar-refractivity contribution in [3.8, 4) is 6.07 Å². The molecule has 1 aliphatic heterocycles. The van der Waals surface area contributed by atoms with Crippen molar-refractivity contribution >= 4 is 27.9 Å². The molecule has 1 aromatic carbocycles. The Hall–Kier alpha value is -2.43. The van der Waals surface area contributed by atoms with Gasteiger partial charge in [0, 0.05) is 4.88 Å². The third-order valence-electron chi connectivity index (χ3n) is 5.86. The number of hydrogen-bond donors (Lipinski definition) is 2. The second-order valence-electron chi connectivity index (χ2n) is 7.79. The minimum atomic E-state index is -0.199. The molecule has 5 nitrogen and oxygen atoms in total. The van der Waals surface area contributed by atoms with Crippen LogP contribution < -0.4 is 15.1 Å². The molecule has 0 radical (unpaired) electrons. The number of hydrogen-bond acceptors (Lipinski definition) is 4. The van der Waals surface area contributed by atoms with E-state index in [1.165, 1.54) is 22.3 Å². The van der Waals surface area contributed by atoms with E-state index in [4.69, 9.17) is 0 Å². The van der Waals surface area contributed by atoms with Crippen LogP contribution in [0.3, 0.4) is 0 Å². The van der Waals surface area contributed by atoms with Crippen LogP contribution >= 0.6 is 11.3 Å². The van der Waals surface area contributed by atoms with Gasteiger partial charge >= 0.3 is 0 Å². The zero-order chi connectivity index (χ0) is 20.2. The van der Waals surface area contributed by atoms with Gasteiger partial charge in [-0.15, -0.1) is 11.3 Å². The first-order valence-electron chi connectivity index (χ1n) is 10.3. The van der Waals surface area contributed by atoms with Crippen LogP contribution in [0.15, 0.2) is 24.3 Å². The average Bonchev–Trinajstić information content (AvgIpc) is 2.88. The van der Waals surface area contributed by atoms with Crippen molar-refractivity contribution in [2.24, 2.45) is 0 Å². The maximum atomic E-state index is 14.0. The van der Waals surface area contributed by atoms with Gasteiger partial charge in [-0.1, -0.05) is 18.6 Å². The van der Waals surface area contributed by atoms with Crippen molar-refractivity contribution in [1.82, 2.24) is 0 Å². The van der Waals surface area contributed by atoms with E-state index in [-0.39, 0.29) is 11.7 Å². The van der Waals surface area contributed by atoms with Crippen molar-refractivity contribution in [3.05, 3.63) is 46.1 Å². The van der Waals surface area contributed by atoms with E-state index in [9.17, 15) is 14.4 Å². The molecule has 2 aromatic rings. The zero-order valence-electron chi connectivity index (χ0n) is 16.5. The number of quaternary nitrogens is 1. The van der Waals surface area contributed by atoms with Crippen molar-refractivity contribution < 1.29 is 14.1 Å². The number of rotatable bonds is 4. The predicted molar refractivity (Wildman–Crippen MR) is 113 cm³/mol. The zero-order valence-corrected chi connectivity index (χ0v) is 17.3. The second kappa shape index (κ2) is 8.93. The van der Waals surface area contributed by atoms with E-state index in [1.54, 1.807) is 23.5 Å². The van der Waals surface area contributed by atoms with E-state index in [0.717, 1.165) is 57.4 Å². The summed E-state index contributed by atoms with van der Waals surface area (Å²) in [5, 5.41) is 13.3. The highest BCUT2D eigenvalue weighted by molar-refractivity contribution is 7.16. The maximum Gasteiger partial charge on any atom is 0.280 e. The number of amides is 1. The highest BCUT2D eigenvalue weighted by atomic mass is 32.1. The summed E-state index contributed by atoms with van der Waals surface area (Å²) in [6.07, 6.45) is 5.42. The van der Waals surface area contributed by atoms with Gasteiger partial charge in [-0.2, -0.15) is 5.26 Å². The van der Waals surface area contributed by atoms with Crippen LogP contribution in [0.4, 0.5) is 15.1 Å². The standard InChI is InChI=1S/C22H25FN4OS/c23-18-7-4-5-8-19(18)27-12-10-26(11-13-27)15-21(28)25-22-17(14-24)16-6-2-1-3-9-20(16)29-22/h4-5,7-8H,1-3,6,9-13,15H2,(H,25,28)/p+1. The summed E-state index contributed by atoms with van der Waals surface area (Å²) in [5.74, 6) is -0.248. The molecular formula is C22H26FN4OS+. The van der Waals surface area contributed by atoms with Crippen LogP contribution in [0.1, 0.15) is 35.3 Å². The smallest absolute Gasteiger partial charge is 0.280 e. The van der Waals surface area contributed by atoms with Crippen LogP contribution in [0, 0.1) is 17.1 Å². The number of fused-ring (bicyclic) bond motifs is 1. The quantitative estimate of drug-likeness (QED) is 0.757. The minimum absolute atomic E-state index is 0.0488. The Morgan fingerprint density at radius 1 is 1.21 bits per heavy atom. The molecule has 1 fully saturated rings. The number of nitrogens with one attached hydrogen (secondary N) is 2. The molecular weight excluding hydrogens is 387 g/mol. The largest absolute Gasteiger partial charge is 0.358 e. The van der Waals surface area contributed by atoms with Crippen LogP contribution in [0.25, 0.3) is 0 Å². The predicted octanol–water partition coefficient (Wildman–Crippen LogP) is 2.37. The Morgan fingerprint density at radius 3 is 2.72 bits per heavy atom. The fourth-order valence-corrected chi connectivity index (χ4v) is 5.55. The lowest BCUT2D eigenvalue weighted by molar-refractivity contribution is -0.892. The summed E-state index contributed by atoms with van der Waals surface area (Å²) in [4.78, 5) is 17.1. The molecule has 1 aromatic heterocycles. The van der Waals surface area contributed by atoms with Crippen LogP contribution in [0.5, 0.6) is 0 Å². The van der Waals surface area contributed by atoms with Gasteiger partial charge in [-0.3, -0.25) is 4.79 Å². The SMILES string of the molecule is N#Cc1c(NC(=O)C[NH+]2CCN(c3ccccc3F)CC2)sc2c1CCCCC2. The number of carbonyl (C=O) groups is 1. The third kappa shape index (κ3) is 4.44. The Labute approximate surface area is 174 Å². The van der Waals surface area contributed by atoms with Gasteiger partial charge in [0.15, 0.2) is 6.54 Å². The van der Waals surface area contributed by atoms with E-state index in [0.29, 0.717) is 22.8 Å². The van der Waals surface area contributed by atoms with Crippen molar-refractivity contribution in [2.75, 3.05) is 42.9 Å². The van der Waals surface area contributed by atoms with E-state index in [1.807, 2.05) is 11.0 Å². The highest BCUT2D eigenvalue weighted by Gasteiger charge is 2.25. The van der Waals surface area contributed by atoms with Crippen molar-refractivity contribution in [2.45, 2.75) is 32.1 Å². The van der Waals surface area contributed by atoms with E-state index < -0.39 is 0 Å². The molecule has 1 amide bonds. The van der Waals surface area contributed by atoms with Crippen molar-refractivity contribution in [3.63, 3.8) is 0 Å². The number of benzene rings is 1. The molecule has 0 bridgehead atoms. The number of para-hydroxylation sites is 1. The Balaban J connectivity index is 1.34. The topological polar surface area (TPSA) is 60.6 Å². The van der Waals surface area contributed by atoms with E-state index in [2.05, 4.69) is 11.4 Å². The Morgan fingerprint density at radius 2 is 1.97 bits per heavy atom. The normalized spacial score (nSPS) is 17.3. The lowest BCUT2D eigenvalue weighted by Gasteiger charge is -2.33. The summed E-state index contributed by atoms with van der Waals surface area (Å²) < 4.78 is 14.0. The van der Waals surface area contributed by atoms with Gasteiger partial charge in [0.05, 0.1) is 37.4 Å². The monoisotopic (exact) mass is 413 g/mol. The molecule has 152 valence electrons. The van der Waals surface area contributed by atoms with Crippen LogP contribution in [-0.2, 0) is 17.6 Å². The van der Waals surface area contributed by atoms with Crippen LogP contribution in [-0.4, -0.2) is 38.6 Å². The van der Waals surface area contributed by atoms with Gasteiger partial charge in [-0.05, 0) is 43.4 Å². The molecule has 29 heavy (non-hydrogen) atoms. The van der Waals surface area contributed by atoms with Gasteiger partial charge in [0.25, 0.3) is 5.91 Å². The first-order valence-corrected chi connectivity index (χ1v) is 11.1. The summed E-state index contributed by atoms with van der Waals surface area (Å²) >= 11 is 1.58. The molecule has 1 saturated heterocycles. The first-order chi connectivity index (χ1) is 14.2. The van der Waals surface area contributed by atoms with Crippen LogP contribution in [0.2, 0.25) is 0 Å². The molecule has 7 heteroatoms. The maximum absolute atomic E-state index is 14.0. The molecule has 2 N–H and O–H groups in total. The van der Waals surface area contributed by atoms with Gasteiger partial charge < -0.3 is 15.1 Å². The fraction of sp³-hybridized carbons (Fsp3) is 0.455. The first kappa shape index (κ1) is 19.9. The Kier molecular flexibility index (Phi) is 6.12.